The van der Waals surface area contributed by atoms with Crippen LogP contribution in [-0.4, -0.2) is 19.4 Å². The van der Waals surface area contributed by atoms with Crippen LogP contribution in [0.3, 0.4) is 0 Å². The Labute approximate surface area is 98.7 Å². The molecule has 0 aromatic carbocycles. The van der Waals surface area contributed by atoms with Gasteiger partial charge in [0.15, 0.2) is 0 Å². The van der Waals surface area contributed by atoms with Crippen LogP contribution >= 0.6 is 0 Å². The molecule has 0 amide bonds. The lowest BCUT2D eigenvalue weighted by Gasteiger charge is -2.04. The second kappa shape index (κ2) is 5.84. The van der Waals surface area contributed by atoms with Crippen molar-refractivity contribution in [2.45, 2.75) is 40.2 Å². The average molecular weight is 242 g/mol. The van der Waals surface area contributed by atoms with Gasteiger partial charge in [0.1, 0.15) is 0 Å². The highest BCUT2D eigenvalue weighted by Crippen LogP contribution is 2.04. The summed E-state index contributed by atoms with van der Waals surface area (Å²) < 4.78 is 12.1. The van der Waals surface area contributed by atoms with Crippen LogP contribution in [0.25, 0.3) is 0 Å². The number of nitrogens with one attached hydrogen (secondary N) is 1. The molecule has 0 bridgehead atoms. The van der Waals surface area contributed by atoms with Crippen LogP contribution in [0.1, 0.15) is 38.4 Å². The van der Waals surface area contributed by atoms with E-state index in [9.17, 15) is 9.00 Å². The number of nitrogens with zero attached hydrogens (tertiary/aromatic N) is 1. The average Bonchev–Trinajstić information content (AvgIpc) is 2.47. The highest BCUT2D eigenvalue weighted by molar-refractivity contribution is 7.65. The minimum absolute atomic E-state index is 0.0829. The molecule has 0 aliphatic heterocycles. The van der Waals surface area contributed by atoms with Gasteiger partial charge in [-0.15, -0.1) is 0 Å². The molecule has 0 saturated heterocycles. The van der Waals surface area contributed by atoms with Gasteiger partial charge in [-0.05, 0) is 12.3 Å². The van der Waals surface area contributed by atoms with Crippen molar-refractivity contribution in [1.29, 1.82) is 0 Å². The Balaban J connectivity index is 3.18. The van der Waals surface area contributed by atoms with Crippen LogP contribution in [0.5, 0.6) is 0 Å². The Morgan fingerprint density at radius 1 is 1.50 bits per heavy atom. The molecule has 90 valence electrons. The molecule has 0 atom stereocenters. The highest BCUT2D eigenvalue weighted by Gasteiger charge is 2.12. The first-order valence-electron chi connectivity index (χ1n) is 5.53. The van der Waals surface area contributed by atoms with Crippen LogP contribution < -0.4 is 5.56 Å². The molecule has 5 heteroatoms. The minimum Gasteiger partial charge on any atom is -0.299 e. The number of H-pyrrole nitrogens is 1. The molecule has 0 aliphatic rings. The number of aromatic nitrogens is 2. The van der Waals surface area contributed by atoms with E-state index < -0.39 is 0 Å². The zero-order chi connectivity index (χ0) is 12.1. The van der Waals surface area contributed by atoms with E-state index >= 15 is 0 Å². The van der Waals surface area contributed by atoms with E-state index in [-0.39, 0.29) is 5.56 Å². The molecule has 0 saturated carbocycles. The zero-order valence-electron chi connectivity index (χ0n) is 9.95. The summed E-state index contributed by atoms with van der Waals surface area (Å²) >= 11 is 0.333. The number of hydrogen-bond donors (Lipinski definition) is 1. The fourth-order valence-corrected chi connectivity index (χ4v) is 1.99. The van der Waals surface area contributed by atoms with E-state index in [4.69, 9.17) is 0 Å². The van der Waals surface area contributed by atoms with Gasteiger partial charge in [0.25, 0.3) is 5.56 Å². The first-order chi connectivity index (χ1) is 7.60. The van der Waals surface area contributed by atoms with Gasteiger partial charge in [-0.1, -0.05) is 27.2 Å². The summed E-state index contributed by atoms with van der Waals surface area (Å²) in [6, 6.07) is 0. The van der Waals surface area contributed by atoms with Gasteiger partial charge in [-0.2, -0.15) is 0 Å². The quantitative estimate of drug-likeness (QED) is 0.787. The molecule has 4 nitrogen and oxygen atoms in total. The summed E-state index contributed by atoms with van der Waals surface area (Å²) in [6.45, 7) is 6.82. The molecule has 0 fully saturated rings. The van der Waals surface area contributed by atoms with E-state index in [2.05, 4.69) is 18.9 Å². The van der Waals surface area contributed by atoms with Crippen LogP contribution in [0.15, 0.2) is 4.79 Å². The van der Waals surface area contributed by atoms with Gasteiger partial charge in [-0.3, -0.25) is 14.6 Å². The van der Waals surface area contributed by atoms with E-state index in [1.165, 1.54) is 5.37 Å². The van der Waals surface area contributed by atoms with Crippen LogP contribution in [0.4, 0.5) is 0 Å². The van der Waals surface area contributed by atoms with Crippen LogP contribution in [0, 0.1) is 5.92 Å². The second-order valence-corrected chi connectivity index (χ2v) is 4.71. The molecule has 0 aliphatic carbocycles. The van der Waals surface area contributed by atoms with Gasteiger partial charge >= 0.3 is 0 Å². The molecular formula is C11H18N2O2S. The number of aromatic amines is 1. The van der Waals surface area contributed by atoms with Gasteiger partial charge in [0.05, 0.1) is 16.8 Å². The Kier molecular flexibility index (Phi) is 4.73. The molecule has 1 N–H and O–H groups in total. The van der Waals surface area contributed by atoms with Crippen molar-refractivity contribution < 1.29 is 4.21 Å². The minimum atomic E-state index is -0.0829. The number of rotatable bonds is 5. The fourth-order valence-electron chi connectivity index (χ4n) is 1.65. The van der Waals surface area contributed by atoms with E-state index in [1.807, 2.05) is 6.92 Å². The van der Waals surface area contributed by atoms with Crippen molar-refractivity contribution >= 4 is 16.6 Å². The zero-order valence-corrected chi connectivity index (χ0v) is 10.8. The summed E-state index contributed by atoms with van der Waals surface area (Å²) in [5.74, 6) is 0.401. The summed E-state index contributed by atoms with van der Waals surface area (Å²) in [4.78, 5) is 11.9. The predicted octanol–water partition coefficient (Wildman–Crippen LogP) is 1.15. The monoisotopic (exact) mass is 242 g/mol. The lowest BCUT2D eigenvalue weighted by atomic mass is 10.2. The second-order valence-electron chi connectivity index (χ2n) is 4.28. The van der Waals surface area contributed by atoms with Crippen molar-refractivity contribution in [3.63, 3.8) is 0 Å². The lowest BCUT2D eigenvalue weighted by molar-refractivity contribution is 0.469. The van der Waals surface area contributed by atoms with E-state index in [1.54, 1.807) is 4.68 Å². The molecular weight excluding hydrogens is 224 g/mol. The van der Waals surface area contributed by atoms with E-state index in [0.717, 1.165) is 18.5 Å². The van der Waals surface area contributed by atoms with Gasteiger partial charge in [0, 0.05) is 17.6 Å². The first kappa shape index (κ1) is 13.0. The molecule has 0 radical (unpaired) electrons. The maximum absolute atomic E-state index is 11.9. The largest absolute Gasteiger partial charge is 0.299 e. The summed E-state index contributed by atoms with van der Waals surface area (Å²) in [5, 5.41) is 4.48. The van der Waals surface area contributed by atoms with Gasteiger partial charge in [0.2, 0.25) is 0 Å². The SMILES string of the molecule is CCCc1[nH]n(CC(C)C)c(=O)c1C=S=O. The normalized spacial score (nSPS) is 10.8. The van der Waals surface area contributed by atoms with Crippen molar-refractivity contribution in [3.8, 4) is 0 Å². The van der Waals surface area contributed by atoms with Crippen molar-refractivity contribution in [3.05, 3.63) is 21.6 Å². The Morgan fingerprint density at radius 2 is 2.19 bits per heavy atom. The number of hydrogen-bond acceptors (Lipinski definition) is 2. The highest BCUT2D eigenvalue weighted by atomic mass is 32.1. The summed E-state index contributed by atoms with van der Waals surface area (Å²) in [6.07, 6.45) is 1.75. The third-order valence-corrected chi connectivity index (χ3v) is 2.62. The molecule has 1 aromatic rings. The number of aryl methyl sites for hydroxylation is 1. The summed E-state index contributed by atoms with van der Waals surface area (Å²) in [5.41, 5.74) is 1.32. The standard InChI is InChI=1S/C11H18N2O2S/c1-4-5-10-9(7-16-15)11(14)13(12-10)6-8(2)3/h7-8,12H,4-6H2,1-3H3. The fraction of sp³-hybridized carbons (Fsp3) is 0.636. The van der Waals surface area contributed by atoms with Gasteiger partial charge < -0.3 is 0 Å². The van der Waals surface area contributed by atoms with Crippen molar-refractivity contribution in [1.82, 2.24) is 9.78 Å². The lowest BCUT2D eigenvalue weighted by Crippen LogP contribution is -2.21. The third-order valence-electron chi connectivity index (χ3n) is 2.28. The van der Waals surface area contributed by atoms with Crippen molar-refractivity contribution in [2.75, 3.05) is 0 Å². The van der Waals surface area contributed by atoms with Crippen molar-refractivity contribution in [2.24, 2.45) is 5.92 Å². The third kappa shape index (κ3) is 2.95. The molecule has 1 aromatic heterocycles. The smallest absolute Gasteiger partial charge is 0.274 e. The topological polar surface area (TPSA) is 54.9 Å². The first-order valence-corrected chi connectivity index (χ1v) is 6.34. The molecule has 0 spiro atoms. The Bertz CT molecular complexity index is 453. The Morgan fingerprint density at radius 3 is 2.69 bits per heavy atom. The molecule has 1 rings (SSSR count). The predicted molar refractivity (Wildman–Crippen MR) is 67.2 cm³/mol. The molecule has 1 heterocycles. The van der Waals surface area contributed by atoms with Crippen LogP contribution in [-0.2, 0) is 24.2 Å². The maximum atomic E-state index is 11.9. The molecule has 0 unspecified atom stereocenters. The maximum Gasteiger partial charge on any atom is 0.274 e. The van der Waals surface area contributed by atoms with E-state index in [0.29, 0.717) is 29.3 Å². The Hall–Kier alpha value is -1.10. The molecule has 16 heavy (non-hydrogen) atoms. The van der Waals surface area contributed by atoms with Gasteiger partial charge in [-0.25, -0.2) is 4.21 Å². The van der Waals surface area contributed by atoms with Crippen LogP contribution in [0.2, 0.25) is 0 Å². The summed E-state index contributed by atoms with van der Waals surface area (Å²) in [7, 11) is 0.